The molecule has 1 aromatic heterocycles. The Morgan fingerprint density at radius 2 is 1.79 bits per heavy atom. The molecule has 6 heteroatoms. The number of aryl methyl sites for hydroxylation is 2. The highest BCUT2D eigenvalue weighted by Crippen LogP contribution is 2.29. The average molecular weight is 392 g/mol. The quantitative estimate of drug-likeness (QED) is 0.509. The summed E-state index contributed by atoms with van der Waals surface area (Å²) in [6.07, 6.45) is 0.925. The molecule has 4 rings (SSSR count). The fraction of sp³-hybridized carbons (Fsp3) is 0.136. The summed E-state index contributed by atoms with van der Waals surface area (Å²) in [6, 6.07) is 19.7. The van der Waals surface area contributed by atoms with Crippen molar-refractivity contribution >= 4 is 26.8 Å². The van der Waals surface area contributed by atoms with E-state index in [1.54, 1.807) is 36.4 Å². The number of nitrogens with zero attached hydrogens (tertiary/aromatic N) is 1. The first kappa shape index (κ1) is 18.3. The number of benzene rings is 3. The van der Waals surface area contributed by atoms with E-state index in [1.165, 1.54) is 5.56 Å². The second-order valence-electron chi connectivity index (χ2n) is 6.62. The molecule has 0 aliphatic carbocycles. The molecular formula is C22H20N2O3S. The van der Waals surface area contributed by atoms with Crippen molar-refractivity contribution in [2.45, 2.75) is 25.2 Å². The summed E-state index contributed by atoms with van der Waals surface area (Å²) in [7, 11) is -3.67. The fourth-order valence-electron chi connectivity index (χ4n) is 2.98. The lowest BCUT2D eigenvalue weighted by atomic mass is 10.1. The molecule has 0 atom stereocenters. The van der Waals surface area contributed by atoms with Gasteiger partial charge in [0, 0.05) is 5.56 Å². The Labute approximate surface area is 164 Å². The van der Waals surface area contributed by atoms with Gasteiger partial charge in [-0.2, -0.15) is 0 Å². The first-order valence-corrected chi connectivity index (χ1v) is 10.5. The minimum atomic E-state index is -3.67. The van der Waals surface area contributed by atoms with Crippen LogP contribution >= 0.6 is 0 Å². The van der Waals surface area contributed by atoms with Gasteiger partial charge >= 0.3 is 0 Å². The van der Waals surface area contributed by atoms with Crippen LogP contribution in [0, 0.1) is 6.92 Å². The lowest BCUT2D eigenvalue weighted by molar-refractivity contribution is 0.601. The van der Waals surface area contributed by atoms with Crippen LogP contribution in [-0.4, -0.2) is 13.4 Å². The lowest BCUT2D eigenvalue weighted by Gasteiger charge is -2.11. The Bertz CT molecular complexity index is 1250. The van der Waals surface area contributed by atoms with Gasteiger partial charge < -0.3 is 4.42 Å². The van der Waals surface area contributed by atoms with Crippen molar-refractivity contribution in [3.63, 3.8) is 0 Å². The molecule has 0 bridgehead atoms. The number of anilines is 1. The molecule has 0 spiro atoms. The summed E-state index contributed by atoms with van der Waals surface area (Å²) in [6.45, 7) is 3.94. The van der Waals surface area contributed by atoms with Crippen LogP contribution in [0.5, 0.6) is 0 Å². The van der Waals surface area contributed by atoms with Crippen LogP contribution < -0.4 is 4.72 Å². The third-order valence-electron chi connectivity index (χ3n) is 4.64. The molecule has 0 amide bonds. The SMILES string of the molecule is CCc1ccc2oc(-c3ccc(C)c(NS(=O)(=O)c4ccccc4)c3)nc2c1. The third kappa shape index (κ3) is 3.51. The first-order chi connectivity index (χ1) is 13.5. The molecule has 3 aromatic carbocycles. The Balaban J connectivity index is 1.71. The zero-order valence-electron chi connectivity index (χ0n) is 15.6. The summed E-state index contributed by atoms with van der Waals surface area (Å²) in [5, 5.41) is 0. The Morgan fingerprint density at radius 3 is 2.54 bits per heavy atom. The Hall–Kier alpha value is -3.12. The molecule has 0 unspecified atom stereocenters. The van der Waals surface area contributed by atoms with Gasteiger partial charge in [0.15, 0.2) is 5.58 Å². The standard InChI is InChI=1S/C22H20N2O3S/c1-3-16-10-12-21-20(13-16)23-22(27-21)17-11-9-15(2)19(14-17)24-28(25,26)18-7-5-4-6-8-18/h4-14,24H,3H2,1-2H3. The molecule has 5 nitrogen and oxygen atoms in total. The van der Waals surface area contributed by atoms with Crippen molar-refractivity contribution in [2.24, 2.45) is 0 Å². The van der Waals surface area contributed by atoms with Crippen molar-refractivity contribution in [1.29, 1.82) is 0 Å². The van der Waals surface area contributed by atoms with Gasteiger partial charge in [0.25, 0.3) is 10.0 Å². The van der Waals surface area contributed by atoms with Crippen LogP contribution in [-0.2, 0) is 16.4 Å². The molecule has 142 valence electrons. The topological polar surface area (TPSA) is 72.2 Å². The van der Waals surface area contributed by atoms with E-state index in [0.717, 1.165) is 17.5 Å². The Morgan fingerprint density at radius 1 is 1.00 bits per heavy atom. The van der Waals surface area contributed by atoms with E-state index in [1.807, 2.05) is 37.3 Å². The van der Waals surface area contributed by atoms with E-state index < -0.39 is 10.0 Å². The van der Waals surface area contributed by atoms with Crippen molar-refractivity contribution in [3.05, 3.63) is 77.9 Å². The lowest BCUT2D eigenvalue weighted by Crippen LogP contribution is -2.13. The molecule has 4 aromatic rings. The number of hydrogen-bond acceptors (Lipinski definition) is 4. The van der Waals surface area contributed by atoms with Crippen LogP contribution in [0.2, 0.25) is 0 Å². The summed E-state index contributed by atoms with van der Waals surface area (Å²) in [5.74, 6) is 0.461. The predicted octanol–water partition coefficient (Wildman–Crippen LogP) is 5.17. The highest BCUT2D eigenvalue weighted by Gasteiger charge is 2.16. The first-order valence-electron chi connectivity index (χ1n) is 9.04. The third-order valence-corrected chi connectivity index (χ3v) is 6.02. The van der Waals surface area contributed by atoms with Gasteiger partial charge in [-0.1, -0.05) is 37.3 Å². The van der Waals surface area contributed by atoms with Crippen molar-refractivity contribution in [3.8, 4) is 11.5 Å². The molecule has 0 fully saturated rings. The van der Waals surface area contributed by atoms with Gasteiger partial charge in [0.1, 0.15) is 5.52 Å². The number of oxazole rings is 1. The summed E-state index contributed by atoms with van der Waals surface area (Å²) in [5.41, 5.74) is 4.71. The highest BCUT2D eigenvalue weighted by molar-refractivity contribution is 7.92. The van der Waals surface area contributed by atoms with Gasteiger partial charge in [-0.15, -0.1) is 0 Å². The normalized spacial score (nSPS) is 11.6. The van der Waals surface area contributed by atoms with Crippen molar-refractivity contribution < 1.29 is 12.8 Å². The number of rotatable bonds is 5. The van der Waals surface area contributed by atoms with Crippen molar-refractivity contribution in [1.82, 2.24) is 4.98 Å². The number of sulfonamides is 1. The summed E-state index contributed by atoms with van der Waals surface area (Å²) >= 11 is 0. The van der Waals surface area contributed by atoms with Crippen molar-refractivity contribution in [2.75, 3.05) is 4.72 Å². The van der Waals surface area contributed by atoms with Crippen LogP contribution in [0.25, 0.3) is 22.6 Å². The summed E-state index contributed by atoms with van der Waals surface area (Å²) < 4.78 is 33.9. The molecular weight excluding hydrogens is 372 g/mol. The largest absolute Gasteiger partial charge is 0.436 e. The maximum Gasteiger partial charge on any atom is 0.261 e. The van der Waals surface area contributed by atoms with Crippen LogP contribution in [0.3, 0.4) is 0 Å². The average Bonchev–Trinajstić information content (AvgIpc) is 3.13. The second-order valence-corrected chi connectivity index (χ2v) is 8.31. The van der Waals surface area contributed by atoms with Gasteiger partial charge in [-0.25, -0.2) is 13.4 Å². The van der Waals surface area contributed by atoms with Crippen LogP contribution in [0.15, 0.2) is 76.0 Å². The molecule has 1 N–H and O–H groups in total. The molecule has 0 saturated heterocycles. The monoisotopic (exact) mass is 392 g/mol. The van der Waals surface area contributed by atoms with Gasteiger partial charge in [0.05, 0.1) is 10.6 Å². The second kappa shape index (κ2) is 7.13. The molecule has 1 heterocycles. The predicted molar refractivity (Wildman–Crippen MR) is 111 cm³/mol. The maximum atomic E-state index is 12.7. The number of fused-ring (bicyclic) bond motifs is 1. The maximum absolute atomic E-state index is 12.7. The van der Waals surface area contributed by atoms with Crippen LogP contribution in [0.1, 0.15) is 18.1 Å². The minimum absolute atomic E-state index is 0.216. The smallest absolute Gasteiger partial charge is 0.261 e. The molecule has 28 heavy (non-hydrogen) atoms. The van der Waals surface area contributed by atoms with Gasteiger partial charge in [-0.3, -0.25) is 4.72 Å². The van der Waals surface area contributed by atoms with E-state index >= 15 is 0 Å². The van der Waals surface area contributed by atoms with E-state index in [2.05, 4.69) is 16.6 Å². The van der Waals surface area contributed by atoms with Gasteiger partial charge in [-0.05, 0) is 60.9 Å². The minimum Gasteiger partial charge on any atom is -0.436 e. The zero-order chi connectivity index (χ0) is 19.7. The van der Waals surface area contributed by atoms with Crippen LogP contribution in [0.4, 0.5) is 5.69 Å². The van der Waals surface area contributed by atoms with E-state index in [0.29, 0.717) is 22.7 Å². The fourth-order valence-corrected chi connectivity index (χ4v) is 4.13. The van der Waals surface area contributed by atoms with Gasteiger partial charge in [0.2, 0.25) is 5.89 Å². The molecule has 0 aliphatic heterocycles. The zero-order valence-corrected chi connectivity index (χ0v) is 16.5. The number of hydrogen-bond donors (Lipinski definition) is 1. The number of aromatic nitrogens is 1. The van der Waals surface area contributed by atoms with E-state index in [9.17, 15) is 8.42 Å². The summed E-state index contributed by atoms with van der Waals surface area (Å²) in [4.78, 5) is 4.79. The highest BCUT2D eigenvalue weighted by atomic mass is 32.2. The van der Waals surface area contributed by atoms with E-state index in [-0.39, 0.29) is 4.90 Å². The Kier molecular flexibility index (Phi) is 4.65. The molecule has 0 aliphatic rings. The molecule has 0 radical (unpaired) electrons. The number of nitrogens with one attached hydrogen (secondary N) is 1. The van der Waals surface area contributed by atoms with E-state index in [4.69, 9.17) is 4.42 Å². The molecule has 0 saturated carbocycles.